The first-order valence-corrected chi connectivity index (χ1v) is 7.59. The molecule has 1 N–H and O–H groups in total. The van der Waals surface area contributed by atoms with Crippen LogP contribution >= 0.6 is 11.6 Å². The molecule has 2 rings (SSSR count). The number of rotatable bonds is 5. The summed E-state index contributed by atoms with van der Waals surface area (Å²) in [7, 11) is 1.67. The van der Waals surface area contributed by atoms with E-state index in [0.717, 1.165) is 5.56 Å². The Morgan fingerprint density at radius 3 is 2.25 bits per heavy atom. The summed E-state index contributed by atoms with van der Waals surface area (Å²) in [5.41, 5.74) is 1.43. The molecule has 4 nitrogen and oxygen atoms in total. The zero-order valence-electron chi connectivity index (χ0n) is 13.2. The molecule has 0 aliphatic carbocycles. The average Bonchev–Trinajstić information content (AvgIpc) is 2.55. The third-order valence-corrected chi connectivity index (χ3v) is 3.84. The number of hydrogen-bond donors (Lipinski definition) is 1. The number of benzene rings is 2. The molecule has 0 aliphatic heterocycles. The van der Waals surface area contributed by atoms with Crippen molar-refractivity contribution in [3.8, 4) is 5.75 Å². The first kappa shape index (κ1) is 18.0. The molecule has 0 aromatic heterocycles. The summed E-state index contributed by atoms with van der Waals surface area (Å²) >= 11 is 5.86. The highest BCUT2D eigenvalue weighted by molar-refractivity contribution is 6.30. The van der Waals surface area contributed by atoms with Gasteiger partial charge in [0.15, 0.2) is 0 Å². The van der Waals surface area contributed by atoms with E-state index in [1.54, 1.807) is 19.2 Å². The normalized spacial score (nSPS) is 11.9. The van der Waals surface area contributed by atoms with E-state index in [2.05, 4.69) is 10.1 Å². The second kappa shape index (κ2) is 7.97. The summed E-state index contributed by atoms with van der Waals surface area (Å²) in [6.07, 6.45) is 0. The molecule has 128 valence electrons. The minimum absolute atomic E-state index is 0.0332. The molecule has 2 aromatic carbocycles. The lowest BCUT2D eigenvalue weighted by Crippen LogP contribution is -2.33. The summed E-state index contributed by atoms with van der Waals surface area (Å²) in [5, 5.41) is 3.33. The zero-order valence-corrected chi connectivity index (χ0v) is 13.9. The third-order valence-electron chi connectivity index (χ3n) is 3.58. The van der Waals surface area contributed by atoms with Crippen molar-refractivity contribution >= 4 is 23.3 Å². The van der Waals surface area contributed by atoms with Gasteiger partial charge < -0.3 is 15.0 Å². The van der Waals surface area contributed by atoms with Crippen LogP contribution in [0.5, 0.6) is 5.75 Å². The topological polar surface area (TPSA) is 41.6 Å². The Hall–Kier alpha value is -2.34. The largest absolute Gasteiger partial charge is 0.435 e. The van der Waals surface area contributed by atoms with E-state index < -0.39 is 6.61 Å². The fourth-order valence-corrected chi connectivity index (χ4v) is 2.20. The van der Waals surface area contributed by atoms with Crippen molar-refractivity contribution < 1.29 is 18.3 Å². The second-order valence-corrected chi connectivity index (χ2v) is 5.61. The van der Waals surface area contributed by atoms with Gasteiger partial charge in [-0.05, 0) is 48.9 Å². The fourth-order valence-electron chi connectivity index (χ4n) is 2.07. The molecule has 0 bridgehead atoms. The van der Waals surface area contributed by atoms with E-state index in [9.17, 15) is 13.6 Å². The third kappa shape index (κ3) is 4.83. The van der Waals surface area contributed by atoms with E-state index in [1.165, 1.54) is 29.2 Å². The van der Waals surface area contributed by atoms with Crippen LogP contribution in [0.1, 0.15) is 18.5 Å². The summed E-state index contributed by atoms with van der Waals surface area (Å²) in [4.78, 5) is 13.8. The standard InChI is InChI=1S/C17H17ClF2N2O2/c1-11(12-3-5-13(18)6-4-12)22(2)17(23)21-14-7-9-15(10-8-14)24-16(19)20/h3-11,16H,1-2H3,(H,21,23). The molecular weight excluding hydrogens is 338 g/mol. The molecule has 0 saturated carbocycles. The Bertz CT molecular complexity index is 678. The quantitative estimate of drug-likeness (QED) is 0.805. The number of urea groups is 1. The molecule has 1 unspecified atom stereocenters. The van der Waals surface area contributed by atoms with Crippen LogP contribution in [0.2, 0.25) is 5.02 Å². The fraction of sp³-hybridized carbons (Fsp3) is 0.235. The number of hydrogen-bond acceptors (Lipinski definition) is 2. The van der Waals surface area contributed by atoms with Crippen LogP contribution in [0.4, 0.5) is 19.3 Å². The first-order valence-electron chi connectivity index (χ1n) is 7.21. The number of nitrogens with zero attached hydrogens (tertiary/aromatic N) is 1. The molecule has 24 heavy (non-hydrogen) atoms. The molecule has 0 spiro atoms. The van der Waals surface area contributed by atoms with E-state index >= 15 is 0 Å². The highest BCUT2D eigenvalue weighted by atomic mass is 35.5. The number of halogens is 3. The van der Waals surface area contributed by atoms with Crippen molar-refractivity contribution in [3.63, 3.8) is 0 Å². The maximum absolute atomic E-state index is 12.3. The van der Waals surface area contributed by atoms with Crippen LogP contribution in [-0.4, -0.2) is 24.6 Å². The summed E-state index contributed by atoms with van der Waals surface area (Å²) in [6, 6.07) is 12.5. The van der Waals surface area contributed by atoms with Gasteiger partial charge in [-0.1, -0.05) is 23.7 Å². The predicted octanol–water partition coefficient (Wildman–Crippen LogP) is 5.17. The Labute approximate surface area is 144 Å². The lowest BCUT2D eigenvalue weighted by Gasteiger charge is -2.25. The van der Waals surface area contributed by atoms with Gasteiger partial charge in [-0.3, -0.25) is 0 Å². The van der Waals surface area contributed by atoms with Crippen molar-refractivity contribution in [1.29, 1.82) is 0 Å². The minimum Gasteiger partial charge on any atom is -0.435 e. The van der Waals surface area contributed by atoms with Crippen LogP contribution in [0.25, 0.3) is 0 Å². The van der Waals surface area contributed by atoms with E-state index in [0.29, 0.717) is 10.7 Å². The number of anilines is 1. The van der Waals surface area contributed by atoms with Crippen LogP contribution in [-0.2, 0) is 0 Å². The Balaban J connectivity index is 1.99. The minimum atomic E-state index is -2.88. The van der Waals surface area contributed by atoms with E-state index in [-0.39, 0.29) is 17.8 Å². The monoisotopic (exact) mass is 354 g/mol. The number of amides is 2. The number of ether oxygens (including phenoxy) is 1. The SMILES string of the molecule is CC(c1ccc(Cl)cc1)N(C)C(=O)Nc1ccc(OC(F)F)cc1. The highest BCUT2D eigenvalue weighted by Crippen LogP contribution is 2.22. The van der Waals surface area contributed by atoms with Gasteiger partial charge in [0.25, 0.3) is 0 Å². The molecular formula is C17H17ClF2N2O2. The van der Waals surface area contributed by atoms with Crippen molar-refractivity contribution in [2.24, 2.45) is 0 Å². The van der Waals surface area contributed by atoms with Crippen LogP contribution in [0.3, 0.4) is 0 Å². The molecule has 2 amide bonds. The summed E-state index contributed by atoms with van der Waals surface area (Å²) < 4.78 is 28.5. The molecule has 0 heterocycles. The van der Waals surface area contributed by atoms with Gasteiger partial charge >= 0.3 is 12.6 Å². The summed E-state index contributed by atoms with van der Waals surface area (Å²) in [5.74, 6) is 0.0332. The van der Waals surface area contributed by atoms with Gasteiger partial charge in [-0.2, -0.15) is 8.78 Å². The molecule has 7 heteroatoms. The Morgan fingerprint density at radius 2 is 1.71 bits per heavy atom. The molecule has 0 fully saturated rings. The van der Waals surface area contributed by atoms with Crippen LogP contribution in [0, 0.1) is 0 Å². The number of carbonyl (C=O) groups excluding carboxylic acids is 1. The molecule has 0 aliphatic rings. The van der Waals surface area contributed by atoms with E-state index in [4.69, 9.17) is 11.6 Å². The maximum Gasteiger partial charge on any atom is 0.387 e. The highest BCUT2D eigenvalue weighted by Gasteiger charge is 2.17. The summed E-state index contributed by atoms with van der Waals surface area (Å²) in [6.45, 7) is -0.987. The van der Waals surface area contributed by atoms with Crippen molar-refractivity contribution in [1.82, 2.24) is 4.90 Å². The van der Waals surface area contributed by atoms with Crippen molar-refractivity contribution in [2.45, 2.75) is 19.6 Å². The predicted molar refractivity (Wildman–Crippen MR) is 89.7 cm³/mol. The van der Waals surface area contributed by atoms with Crippen LogP contribution in [0.15, 0.2) is 48.5 Å². The maximum atomic E-state index is 12.3. The van der Waals surface area contributed by atoms with Crippen LogP contribution < -0.4 is 10.1 Å². The molecule has 1 atom stereocenters. The molecule has 0 saturated heterocycles. The van der Waals surface area contributed by atoms with Gasteiger partial charge in [0.1, 0.15) is 5.75 Å². The van der Waals surface area contributed by atoms with Gasteiger partial charge in [0, 0.05) is 17.8 Å². The Morgan fingerprint density at radius 1 is 1.12 bits per heavy atom. The van der Waals surface area contributed by atoms with Gasteiger partial charge in [-0.15, -0.1) is 0 Å². The number of alkyl halides is 2. The zero-order chi connectivity index (χ0) is 17.7. The van der Waals surface area contributed by atoms with Gasteiger partial charge in [0.2, 0.25) is 0 Å². The lowest BCUT2D eigenvalue weighted by molar-refractivity contribution is -0.0498. The smallest absolute Gasteiger partial charge is 0.387 e. The van der Waals surface area contributed by atoms with Crippen molar-refractivity contribution in [2.75, 3.05) is 12.4 Å². The average molecular weight is 355 g/mol. The molecule has 2 aromatic rings. The van der Waals surface area contributed by atoms with Crippen molar-refractivity contribution in [3.05, 3.63) is 59.1 Å². The van der Waals surface area contributed by atoms with Gasteiger partial charge in [0.05, 0.1) is 6.04 Å². The Kier molecular flexibility index (Phi) is 5.98. The second-order valence-electron chi connectivity index (χ2n) is 5.17. The van der Waals surface area contributed by atoms with Gasteiger partial charge in [-0.25, -0.2) is 4.79 Å². The van der Waals surface area contributed by atoms with E-state index in [1.807, 2.05) is 19.1 Å². The first-order chi connectivity index (χ1) is 11.4. The number of nitrogens with one attached hydrogen (secondary N) is 1. The number of carbonyl (C=O) groups is 1. The lowest BCUT2D eigenvalue weighted by atomic mass is 10.1. The molecule has 0 radical (unpaired) electrons.